The van der Waals surface area contributed by atoms with Crippen LogP contribution in [0.3, 0.4) is 0 Å². The van der Waals surface area contributed by atoms with Crippen molar-refractivity contribution in [3.63, 3.8) is 0 Å². The molecule has 2 aromatic heterocycles. The molecule has 18 heavy (non-hydrogen) atoms. The second kappa shape index (κ2) is 4.97. The second-order valence-electron chi connectivity index (χ2n) is 3.84. The molecule has 0 unspecified atom stereocenters. The van der Waals surface area contributed by atoms with Crippen LogP contribution in [-0.4, -0.2) is 27.8 Å². The fraction of sp³-hybridized carbons (Fsp3) is 0.250. The fourth-order valence-electron chi connectivity index (χ4n) is 1.89. The third-order valence-corrected chi connectivity index (χ3v) is 2.60. The van der Waals surface area contributed by atoms with Gasteiger partial charge >= 0.3 is 0 Å². The number of amides is 1. The lowest BCUT2D eigenvalue weighted by Gasteiger charge is -2.03. The lowest BCUT2D eigenvalue weighted by Crippen LogP contribution is -2.17. The van der Waals surface area contributed by atoms with Crippen molar-refractivity contribution in [2.75, 3.05) is 7.11 Å². The monoisotopic (exact) mass is 246 g/mol. The number of nitrogens with zero attached hydrogens (tertiary/aromatic N) is 3. The van der Waals surface area contributed by atoms with E-state index in [-0.39, 0.29) is 6.61 Å². The number of ether oxygens (including phenoxy) is 1. The maximum Gasteiger partial charge on any atom is 0.267 e. The van der Waals surface area contributed by atoms with Gasteiger partial charge in [0, 0.05) is 37.7 Å². The Labute approximate surface area is 104 Å². The number of carbonyl (C=O) groups is 1. The average Bonchev–Trinajstić information content (AvgIpc) is 2.68. The highest BCUT2D eigenvalue weighted by molar-refractivity contribution is 5.94. The summed E-state index contributed by atoms with van der Waals surface area (Å²) in [6.45, 7) is 0.274. The molecular formula is C12H14N4O2. The summed E-state index contributed by atoms with van der Waals surface area (Å²) in [6, 6.07) is 3.68. The number of primary amides is 1. The van der Waals surface area contributed by atoms with E-state index in [1.165, 1.54) is 4.68 Å². The molecule has 0 aromatic carbocycles. The number of aromatic nitrogens is 3. The first-order chi connectivity index (χ1) is 8.65. The zero-order valence-electron chi connectivity index (χ0n) is 10.3. The van der Waals surface area contributed by atoms with E-state index in [0.717, 1.165) is 5.56 Å². The third kappa shape index (κ3) is 2.10. The van der Waals surface area contributed by atoms with Crippen LogP contribution in [0.15, 0.2) is 24.5 Å². The summed E-state index contributed by atoms with van der Waals surface area (Å²) in [5.74, 6) is -0.521. The zero-order valence-corrected chi connectivity index (χ0v) is 10.3. The quantitative estimate of drug-likeness (QED) is 0.862. The van der Waals surface area contributed by atoms with Crippen molar-refractivity contribution < 1.29 is 9.53 Å². The molecule has 2 heterocycles. The normalized spacial score (nSPS) is 10.6. The van der Waals surface area contributed by atoms with Crippen molar-refractivity contribution in [3.05, 3.63) is 35.8 Å². The van der Waals surface area contributed by atoms with Gasteiger partial charge in [0.25, 0.3) is 5.91 Å². The number of rotatable bonds is 4. The van der Waals surface area contributed by atoms with E-state index in [2.05, 4.69) is 10.1 Å². The molecule has 0 saturated carbocycles. The summed E-state index contributed by atoms with van der Waals surface area (Å²) < 4.78 is 6.58. The summed E-state index contributed by atoms with van der Waals surface area (Å²) in [5.41, 5.74) is 7.90. The Morgan fingerprint density at radius 2 is 2.33 bits per heavy atom. The van der Waals surface area contributed by atoms with Crippen LogP contribution in [0.4, 0.5) is 0 Å². The smallest absolute Gasteiger partial charge is 0.267 e. The largest absolute Gasteiger partial charge is 0.380 e. The van der Waals surface area contributed by atoms with Gasteiger partial charge in [0.05, 0.1) is 6.61 Å². The molecule has 0 fully saturated rings. The van der Waals surface area contributed by atoms with Crippen molar-refractivity contribution in [3.8, 4) is 11.3 Å². The molecule has 0 aliphatic rings. The van der Waals surface area contributed by atoms with Crippen LogP contribution < -0.4 is 5.73 Å². The molecule has 2 N–H and O–H groups in total. The van der Waals surface area contributed by atoms with E-state index in [9.17, 15) is 4.79 Å². The van der Waals surface area contributed by atoms with Gasteiger partial charge in [0.2, 0.25) is 0 Å². The summed E-state index contributed by atoms with van der Waals surface area (Å²) in [6.07, 6.45) is 3.36. The molecule has 1 amide bonds. The van der Waals surface area contributed by atoms with E-state index >= 15 is 0 Å². The predicted molar refractivity (Wildman–Crippen MR) is 65.7 cm³/mol. The van der Waals surface area contributed by atoms with Gasteiger partial charge in [-0.3, -0.25) is 14.5 Å². The molecular weight excluding hydrogens is 232 g/mol. The van der Waals surface area contributed by atoms with Crippen LogP contribution in [0.25, 0.3) is 11.3 Å². The zero-order chi connectivity index (χ0) is 13.1. The number of aryl methyl sites for hydroxylation is 1. The molecule has 0 spiro atoms. The predicted octanol–water partition coefficient (Wildman–Crippen LogP) is 0.727. The third-order valence-electron chi connectivity index (χ3n) is 2.60. The van der Waals surface area contributed by atoms with Crippen molar-refractivity contribution >= 4 is 5.91 Å². The van der Waals surface area contributed by atoms with E-state index in [4.69, 9.17) is 10.5 Å². The number of nitrogens with two attached hydrogens (primary N) is 1. The first-order valence-electron chi connectivity index (χ1n) is 5.40. The maximum absolute atomic E-state index is 11.5. The van der Waals surface area contributed by atoms with Crippen molar-refractivity contribution in [1.82, 2.24) is 14.8 Å². The molecule has 0 aliphatic heterocycles. The van der Waals surface area contributed by atoms with Gasteiger partial charge in [-0.15, -0.1) is 0 Å². The molecule has 2 rings (SSSR count). The van der Waals surface area contributed by atoms with E-state index in [0.29, 0.717) is 17.0 Å². The number of hydrogen-bond acceptors (Lipinski definition) is 4. The lowest BCUT2D eigenvalue weighted by molar-refractivity contribution is 0.0986. The first-order valence-corrected chi connectivity index (χ1v) is 5.40. The Bertz CT molecular complexity index is 563. The SMILES string of the molecule is COCc1c(-c2cccnc2)nn(C)c1C(N)=O. The number of pyridine rings is 1. The molecule has 0 atom stereocenters. The lowest BCUT2D eigenvalue weighted by atomic mass is 10.1. The molecule has 6 nitrogen and oxygen atoms in total. The van der Waals surface area contributed by atoms with E-state index in [1.807, 2.05) is 12.1 Å². The minimum absolute atomic E-state index is 0.274. The highest BCUT2D eigenvalue weighted by Crippen LogP contribution is 2.24. The summed E-state index contributed by atoms with van der Waals surface area (Å²) in [5, 5.41) is 4.32. The summed E-state index contributed by atoms with van der Waals surface area (Å²) in [4.78, 5) is 15.5. The fourth-order valence-corrected chi connectivity index (χ4v) is 1.89. The Morgan fingerprint density at radius 1 is 1.56 bits per heavy atom. The van der Waals surface area contributed by atoms with Crippen LogP contribution in [0.1, 0.15) is 16.1 Å². The van der Waals surface area contributed by atoms with Gasteiger partial charge in [-0.1, -0.05) is 0 Å². The van der Waals surface area contributed by atoms with Gasteiger partial charge < -0.3 is 10.5 Å². The van der Waals surface area contributed by atoms with Crippen LogP contribution in [0, 0.1) is 0 Å². The molecule has 6 heteroatoms. The van der Waals surface area contributed by atoms with Gasteiger partial charge in [-0.05, 0) is 12.1 Å². The van der Waals surface area contributed by atoms with Gasteiger partial charge in [0.1, 0.15) is 11.4 Å². The Morgan fingerprint density at radius 3 is 2.89 bits per heavy atom. The van der Waals surface area contributed by atoms with Crippen LogP contribution in [-0.2, 0) is 18.4 Å². The molecule has 0 bridgehead atoms. The standard InChI is InChI=1S/C12H14N4O2/c1-16-11(12(13)17)9(7-18-2)10(15-16)8-4-3-5-14-6-8/h3-6H,7H2,1-2H3,(H2,13,17). The van der Waals surface area contributed by atoms with Gasteiger partial charge in [-0.25, -0.2) is 0 Å². The molecule has 0 aliphatic carbocycles. The van der Waals surface area contributed by atoms with E-state index in [1.54, 1.807) is 26.6 Å². The number of methoxy groups -OCH3 is 1. The molecule has 0 saturated heterocycles. The number of hydrogen-bond donors (Lipinski definition) is 1. The first kappa shape index (κ1) is 12.3. The average molecular weight is 246 g/mol. The minimum Gasteiger partial charge on any atom is -0.380 e. The minimum atomic E-state index is -0.521. The van der Waals surface area contributed by atoms with Gasteiger partial charge in [0.15, 0.2) is 0 Å². The van der Waals surface area contributed by atoms with Crippen LogP contribution in [0.2, 0.25) is 0 Å². The maximum atomic E-state index is 11.5. The highest BCUT2D eigenvalue weighted by atomic mass is 16.5. The van der Waals surface area contributed by atoms with Gasteiger partial charge in [-0.2, -0.15) is 5.10 Å². The Hall–Kier alpha value is -2.21. The highest BCUT2D eigenvalue weighted by Gasteiger charge is 2.20. The van der Waals surface area contributed by atoms with Crippen molar-refractivity contribution in [2.24, 2.45) is 12.8 Å². The molecule has 0 radical (unpaired) electrons. The Kier molecular flexibility index (Phi) is 3.38. The molecule has 2 aromatic rings. The van der Waals surface area contributed by atoms with Crippen molar-refractivity contribution in [2.45, 2.75) is 6.61 Å². The van der Waals surface area contributed by atoms with Crippen LogP contribution in [0.5, 0.6) is 0 Å². The van der Waals surface area contributed by atoms with E-state index < -0.39 is 5.91 Å². The van der Waals surface area contributed by atoms with Crippen molar-refractivity contribution in [1.29, 1.82) is 0 Å². The summed E-state index contributed by atoms with van der Waals surface area (Å²) in [7, 11) is 3.24. The second-order valence-corrected chi connectivity index (χ2v) is 3.84. The number of carbonyl (C=O) groups excluding carboxylic acids is 1. The Balaban J connectivity index is 2.61. The topological polar surface area (TPSA) is 83.0 Å². The summed E-state index contributed by atoms with van der Waals surface area (Å²) >= 11 is 0. The van der Waals surface area contributed by atoms with Crippen LogP contribution >= 0.6 is 0 Å². The molecule has 94 valence electrons.